The van der Waals surface area contributed by atoms with E-state index in [-0.39, 0.29) is 0 Å². The highest BCUT2D eigenvalue weighted by atomic mass is 16.1. The number of nitrogens with one attached hydrogen (secondary N) is 1. The van der Waals surface area contributed by atoms with E-state index in [2.05, 4.69) is 67.5 Å². The van der Waals surface area contributed by atoms with Crippen LogP contribution in [-0.4, -0.2) is 70.9 Å². The minimum atomic E-state index is 0.382. The first kappa shape index (κ1) is 24.1. The van der Waals surface area contributed by atoms with Crippen molar-refractivity contribution in [2.75, 3.05) is 49.5 Å². The van der Waals surface area contributed by atoms with E-state index in [1.807, 2.05) is 18.5 Å². The van der Waals surface area contributed by atoms with Crippen LogP contribution in [0.5, 0.6) is 0 Å². The Labute approximate surface area is 219 Å². The molecule has 37 heavy (non-hydrogen) atoms. The Hall–Kier alpha value is -3.29. The minimum absolute atomic E-state index is 0.382. The Balaban J connectivity index is 1.26. The third-order valence-corrected chi connectivity index (χ3v) is 7.98. The molecular formula is C30H36N6O. The van der Waals surface area contributed by atoms with Crippen molar-refractivity contribution in [1.82, 2.24) is 19.8 Å². The highest BCUT2D eigenvalue weighted by Crippen LogP contribution is 2.29. The lowest BCUT2D eigenvalue weighted by Gasteiger charge is -2.34. The molecular weight excluding hydrogens is 460 g/mol. The summed E-state index contributed by atoms with van der Waals surface area (Å²) in [5.41, 5.74) is 4.50. The van der Waals surface area contributed by atoms with Gasteiger partial charge in [-0.2, -0.15) is 0 Å². The monoisotopic (exact) mass is 496 g/mol. The molecule has 2 saturated heterocycles. The molecule has 2 aromatic heterocycles. The van der Waals surface area contributed by atoms with Crippen LogP contribution in [0.1, 0.15) is 37.7 Å². The van der Waals surface area contributed by atoms with Crippen molar-refractivity contribution in [2.24, 2.45) is 0 Å². The maximum absolute atomic E-state index is 12.7. The lowest BCUT2D eigenvalue weighted by atomic mass is 10.0. The van der Waals surface area contributed by atoms with Crippen molar-refractivity contribution >= 4 is 23.1 Å². The van der Waals surface area contributed by atoms with Crippen molar-refractivity contribution in [3.63, 3.8) is 0 Å². The van der Waals surface area contributed by atoms with Crippen molar-refractivity contribution in [1.29, 1.82) is 0 Å². The Morgan fingerprint density at radius 1 is 0.811 bits per heavy atom. The molecule has 0 amide bonds. The molecule has 1 N–H and O–H groups in total. The van der Waals surface area contributed by atoms with Gasteiger partial charge in [0.15, 0.2) is 0 Å². The average molecular weight is 497 g/mol. The average Bonchev–Trinajstić information content (AvgIpc) is 3.38. The second-order valence-corrected chi connectivity index (χ2v) is 10.6. The summed E-state index contributed by atoms with van der Waals surface area (Å²) in [6.45, 7) is 6.45. The molecule has 0 spiro atoms. The molecule has 8 bridgehead atoms. The number of ketones is 1. The summed E-state index contributed by atoms with van der Waals surface area (Å²) in [5.74, 6) is 2.25. The summed E-state index contributed by atoms with van der Waals surface area (Å²) in [6.07, 6.45) is 8.89. The van der Waals surface area contributed by atoms with Crippen molar-refractivity contribution < 1.29 is 4.79 Å². The van der Waals surface area contributed by atoms with Crippen LogP contribution in [0.2, 0.25) is 0 Å². The van der Waals surface area contributed by atoms with E-state index >= 15 is 0 Å². The van der Waals surface area contributed by atoms with E-state index in [9.17, 15) is 4.79 Å². The molecule has 8 heterocycles. The van der Waals surface area contributed by atoms with Gasteiger partial charge in [-0.1, -0.05) is 12.1 Å². The molecule has 3 aromatic rings. The molecule has 192 valence electrons. The highest BCUT2D eigenvalue weighted by Gasteiger charge is 2.26. The van der Waals surface area contributed by atoms with Gasteiger partial charge in [-0.3, -0.25) is 14.6 Å². The van der Waals surface area contributed by atoms with Gasteiger partial charge < -0.3 is 10.2 Å². The highest BCUT2D eigenvalue weighted by molar-refractivity contribution is 5.80. The predicted molar refractivity (Wildman–Crippen MR) is 148 cm³/mol. The molecule has 1 unspecified atom stereocenters. The van der Waals surface area contributed by atoms with Gasteiger partial charge in [-0.15, -0.1) is 0 Å². The van der Waals surface area contributed by atoms with Crippen LogP contribution in [0.15, 0.2) is 60.9 Å². The number of aromatic nitrogens is 2. The van der Waals surface area contributed by atoms with Gasteiger partial charge >= 0.3 is 0 Å². The fourth-order valence-electron chi connectivity index (χ4n) is 5.96. The van der Waals surface area contributed by atoms with Crippen LogP contribution in [0, 0.1) is 0 Å². The van der Waals surface area contributed by atoms with Gasteiger partial charge in [-0.25, -0.2) is 9.97 Å². The molecule has 9 rings (SSSR count). The Kier molecular flexibility index (Phi) is 7.15. The molecule has 0 saturated carbocycles. The van der Waals surface area contributed by atoms with E-state index in [1.165, 1.54) is 18.4 Å². The van der Waals surface area contributed by atoms with Crippen LogP contribution in [0.3, 0.4) is 0 Å². The fourth-order valence-corrected chi connectivity index (χ4v) is 5.96. The first-order valence-corrected chi connectivity index (χ1v) is 13.7. The number of anilines is 3. The van der Waals surface area contributed by atoms with Crippen LogP contribution in [0.25, 0.3) is 11.1 Å². The topological polar surface area (TPSA) is 64.6 Å². The third kappa shape index (κ3) is 5.84. The first-order valence-electron chi connectivity index (χ1n) is 13.7. The van der Waals surface area contributed by atoms with Crippen LogP contribution < -0.4 is 10.2 Å². The molecule has 7 nitrogen and oxygen atoms in total. The molecule has 7 heteroatoms. The van der Waals surface area contributed by atoms with E-state index in [1.54, 1.807) is 0 Å². The van der Waals surface area contributed by atoms with E-state index in [4.69, 9.17) is 4.98 Å². The predicted octanol–water partition coefficient (Wildman–Crippen LogP) is 4.73. The Morgan fingerprint density at radius 2 is 1.65 bits per heavy atom. The summed E-state index contributed by atoms with van der Waals surface area (Å²) in [6, 6.07) is 17.5. The van der Waals surface area contributed by atoms with Gasteiger partial charge in [0.2, 0.25) is 0 Å². The lowest BCUT2D eigenvalue weighted by Crippen LogP contribution is -2.47. The Morgan fingerprint density at radius 3 is 2.49 bits per heavy atom. The zero-order chi connectivity index (χ0) is 25.0. The third-order valence-electron chi connectivity index (χ3n) is 7.98. The Bertz CT molecular complexity index is 1220. The maximum atomic E-state index is 12.7. The zero-order valence-electron chi connectivity index (χ0n) is 21.5. The zero-order valence-corrected chi connectivity index (χ0v) is 21.5. The van der Waals surface area contributed by atoms with E-state index < -0.39 is 0 Å². The molecule has 1 atom stereocenters. The number of carbonyl (C=O) groups is 1. The van der Waals surface area contributed by atoms with Gasteiger partial charge in [0.1, 0.15) is 17.4 Å². The molecule has 0 radical (unpaired) electrons. The summed E-state index contributed by atoms with van der Waals surface area (Å²) < 4.78 is 0. The normalized spacial score (nSPS) is 24.5. The maximum Gasteiger partial charge on any atom is 0.146 e. The number of hydrogen-bond acceptors (Lipinski definition) is 7. The number of hydrogen-bond donors (Lipinski definition) is 1. The first-order chi connectivity index (χ1) is 18.2. The fraction of sp³-hybridized carbons (Fsp3) is 0.433. The van der Waals surface area contributed by atoms with Gasteiger partial charge in [0.25, 0.3) is 0 Å². The summed E-state index contributed by atoms with van der Waals surface area (Å²) in [4.78, 5) is 29.4. The van der Waals surface area contributed by atoms with Crippen LogP contribution in [0.4, 0.5) is 17.3 Å². The standard InChI is InChI=1S/C30H36N6O/c37-28-8-2-6-27-7-3-13-36(27)30-10-9-25(20-32-30)24-11-12-31-29(19-24)33-26-5-1-4-23(18-26)21-34-14-16-35(22-28)17-15-34/h1,4-5,9-12,18-20,27H,2-3,6-8,13-17,21-22H2,(H,31,33). The lowest BCUT2D eigenvalue weighted by molar-refractivity contribution is -0.120. The molecule has 1 aromatic carbocycles. The minimum Gasteiger partial charge on any atom is -0.354 e. The quantitative estimate of drug-likeness (QED) is 0.483. The van der Waals surface area contributed by atoms with Crippen molar-refractivity contribution in [3.05, 3.63) is 66.5 Å². The smallest absolute Gasteiger partial charge is 0.146 e. The molecule has 2 fully saturated rings. The second-order valence-electron chi connectivity index (χ2n) is 10.6. The van der Waals surface area contributed by atoms with Crippen LogP contribution >= 0.6 is 0 Å². The largest absolute Gasteiger partial charge is 0.354 e. The number of carbonyl (C=O) groups excluding carboxylic acids is 1. The van der Waals surface area contributed by atoms with Gasteiger partial charge in [0.05, 0.1) is 6.54 Å². The van der Waals surface area contributed by atoms with Gasteiger partial charge in [0, 0.05) is 75.4 Å². The van der Waals surface area contributed by atoms with Crippen molar-refractivity contribution in [2.45, 2.75) is 44.7 Å². The summed E-state index contributed by atoms with van der Waals surface area (Å²) in [7, 11) is 0. The number of rotatable bonds is 0. The SMILES string of the molecule is O=C1CCCC2CCCN2c2ccc(cn2)-c2ccnc(c2)Nc2cccc(c2)CN2CCN(CC2)C1. The summed E-state index contributed by atoms with van der Waals surface area (Å²) >= 11 is 0. The number of nitrogens with zero attached hydrogens (tertiary/aromatic N) is 5. The number of pyridine rings is 2. The van der Waals surface area contributed by atoms with E-state index in [0.717, 1.165) is 80.6 Å². The molecule has 0 aliphatic carbocycles. The van der Waals surface area contributed by atoms with Crippen molar-refractivity contribution in [3.8, 4) is 11.1 Å². The second kappa shape index (κ2) is 11.0. The van der Waals surface area contributed by atoms with Crippen LogP contribution in [-0.2, 0) is 11.3 Å². The summed E-state index contributed by atoms with van der Waals surface area (Å²) in [5, 5.41) is 3.49. The van der Waals surface area contributed by atoms with E-state index in [0.29, 0.717) is 24.8 Å². The van der Waals surface area contributed by atoms with Gasteiger partial charge in [-0.05, 0) is 73.2 Å². The molecule has 6 aliphatic rings. The molecule has 6 aliphatic heterocycles. The number of benzene rings is 1. The number of Topliss-reactive ketones (excluding diaryl/α,β-unsaturated/α-hetero) is 1. The number of piperazine rings is 1.